The van der Waals surface area contributed by atoms with Crippen molar-refractivity contribution < 1.29 is 0 Å². The van der Waals surface area contributed by atoms with Gasteiger partial charge in [-0.15, -0.1) is 0 Å². The van der Waals surface area contributed by atoms with E-state index in [2.05, 4.69) is 49.1 Å². The molecule has 0 aliphatic rings. The molecule has 1 aromatic rings. The normalized spacial score (nSPS) is 11.1. The van der Waals surface area contributed by atoms with Crippen LogP contribution in [0.2, 0.25) is 5.02 Å². The number of anilines is 1. The molecule has 0 radical (unpaired) electrons. The van der Waals surface area contributed by atoms with Gasteiger partial charge in [0, 0.05) is 19.6 Å². The zero-order chi connectivity index (χ0) is 15.0. The Balaban J connectivity index is 2.83. The first-order valence-corrected chi connectivity index (χ1v) is 7.85. The fraction of sp³-hybridized carbons (Fsp3) is 0.625. The third-order valence-electron chi connectivity index (χ3n) is 3.37. The maximum Gasteiger partial charge on any atom is 0.0642 e. The van der Waals surface area contributed by atoms with Gasteiger partial charge in [0.2, 0.25) is 0 Å². The van der Waals surface area contributed by atoms with Gasteiger partial charge in [0.1, 0.15) is 0 Å². The summed E-state index contributed by atoms with van der Waals surface area (Å²) in [4.78, 5) is 4.61. The second-order valence-corrected chi connectivity index (χ2v) is 5.67. The Morgan fingerprint density at radius 1 is 1.15 bits per heavy atom. The van der Waals surface area contributed by atoms with Crippen molar-refractivity contribution in [1.82, 2.24) is 10.2 Å². The molecule has 1 aromatic carbocycles. The lowest BCUT2D eigenvalue weighted by Gasteiger charge is -2.27. The summed E-state index contributed by atoms with van der Waals surface area (Å²) in [5.41, 5.74) is 2.47. The number of halogens is 1. The average Bonchev–Trinajstić information content (AvgIpc) is 2.42. The summed E-state index contributed by atoms with van der Waals surface area (Å²) >= 11 is 6.44. The smallest absolute Gasteiger partial charge is 0.0642 e. The predicted molar refractivity (Wildman–Crippen MR) is 89.9 cm³/mol. The quantitative estimate of drug-likeness (QED) is 0.755. The predicted octanol–water partition coefficient (Wildman–Crippen LogP) is 3.23. The third-order valence-corrected chi connectivity index (χ3v) is 3.67. The number of nitrogens with zero attached hydrogens (tertiary/aromatic N) is 2. The second kappa shape index (κ2) is 9.22. The van der Waals surface area contributed by atoms with Crippen LogP contribution in [0, 0.1) is 0 Å². The molecule has 0 atom stereocenters. The monoisotopic (exact) mass is 297 g/mol. The van der Waals surface area contributed by atoms with Crippen molar-refractivity contribution in [2.45, 2.75) is 26.8 Å². The van der Waals surface area contributed by atoms with Gasteiger partial charge in [-0.3, -0.25) is 0 Å². The molecule has 0 spiro atoms. The van der Waals surface area contributed by atoms with E-state index in [1.807, 2.05) is 12.1 Å². The number of hydrogen-bond acceptors (Lipinski definition) is 3. The number of hydrogen-bond donors (Lipinski definition) is 1. The Kier molecular flexibility index (Phi) is 7.97. The van der Waals surface area contributed by atoms with Crippen LogP contribution in [0.4, 0.5) is 5.69 Å². The van der Waals surface area contributed by atoms with Gasteiger partial charge >= 0.3 is 0 Å². The summed E-state index contributed by atoms with van der Waals surface area (Å²) < 4.78 is 0. The first-order chi connectivity index (χ1) is 9.60. The van der Waals surface area contributed by atoms with Gasteiger partial charge in [-0.05, 0) is 52.2 Å². The standard InChI is InChI=1S/C16H28ClN3/c1-5-18-13-14-9-7-10-15(17)16(14)20(6-2)12-8-11-19(3)4/h7,9-10,18H,5-6,8,11-13H2,1-4H3. The number of nitrogens with one attached hydrogen (secondary N) is 1. The number of benzene rings is 1. The molecule has 20 heavy (non-hydrogen) atoms. The first kappa shape index (κ1) is 17.3. The summed E-state index contributed by atoms with van der Waals surface area (Å²) in [5, 5.41) is 4.25. The molecule has 0 bridgehead atoms. The van der Waals surface area contributed by atoms with Crippen molar-refractivity contribution in [2.75, 3.05) is 45.2 Å². The van der Waals surface area contributed by atoms with Crippen LogP contribution in [-0.4, -0.2) is 45.2 Å². The van der Waals surface area contributed by atoms with Crippen molar-refractivity contribution in [1.29, 1.82) is 0 Å². The molecule has 0 aromatic heterocycles. The van der Waals surface area contributed by atoms with Crippen LogP contribution in [0.25, 0.3) is 0 Å². The molecule has 0 saturated carbocycles. The van der Waals surface area contributed by atoms with E-state index in [0.717, 1.165) is 44.2 Å². The van der Waals surface area contributed by atoms with Crippen molar-refractivity contribution in [3.05, 3.63) is 28.8 Å². The highest BCUT2D eigenvalue weighted by molar-refractivity contribution is 6.33. The number of rotatable bonds is 9. The molecule has 0 aliphatic carbocycles. The van der Waals surface area contributed by atoms with Gasteiger partial charge in [-0.1, -0.05) is 30.7 Å². The molecular formula is C16H28ClN3. The van der Waals surface area contributed by atoms with Crippen LogP contribution in [0.15, 0.2) is 18.2 Å². The summed E-state index contributed by atoms with van der Waals surface area (Å²) in [6, 6.07) is 6.19. The molecule has 0 unspecified atom stereocenters. The van der Waals surface area contributed by atoms with Gasteiger partial charge in [-0.2, -0.15) is 0 Å². The van der Waals surface area contributed by atoms with E-state index < -0.39 is 0 Å². The SMILES string of the molecule is CCNCc1cccc(Cl)c1N(CC)CCCN(C)C. The van der Waals surface area contributed by atoms with E-state index in [1.165, 1.54) is 11.3 Å². The fourth-order valence-corrected chi connectivity index (χ4v) is 2.64. The summed E-state index contributed by atoms with van der Waals surface area (Å²) in [6.07, 6.45) is 1.15. The van der Waals surface area contributed by atoms with Crippen molar-refractivity contribution >= 4 is 17.3 Å². The Morgan fingerprint density at radius 2 is 1.90 bits per heavy atom. The van der Waals surface area contributed by atoms with E-state index in [0.29, 0.717) is 0 Å². The van der Waals surface area contributed by atoms with Crippen LogP contribution in [0.3, 0.4) is 0 Å². The lowest BCUT2D eigenvalue weighted by molar-refractivity contribution is 0.400. The first-order valence-electron chi connectivity index (χ1n) is 7.47. The molecule has 1 N–H and O–H groups in total. The van der Waals surface area contributed by atoms with Gasteiger partial charge in [-0.25, -0.2) is 0 Å². The summed E-state index contributed by atoms with van der Waals surface area (Å²) in [5.74, 6) is 0. The number of para-hydroxylation sites is 1. The van der Waals surface area contributed by atoms with Gasteiger partial charge in [0.05, 0.1) is 10.7 Å². The Morgan fingerprint density at radius 3 is 2.50 bits per heavy atom. The maximum absolute atomic E-state index is 6.44. The van der Waals surface area contributed by atoms with Gasteiger partial charge in [0.25, 0.3) is 0 Å². The maximum atomic E-state index is 6.44. The summed E-state index contributed by atoms with van der Waals surface area (Å²) in [6.45, 7) is 9.28. The molecular weight excluding hydrogens is 270 g/mol. The van der Waals surface area contributed by atoms with Crippen LogP contribution >= 0.6 is 11.6 Å². The van der Waals surface area contributed by atoms with Crippen molar-refractivity contribution in [3.8, 4) is 0 Å². The molecule has 0 heterocycles. The molecule has 1 rings (SSSR count). The largest absolute Gasteiger partial charge is 0.370 e. The fourth-order valence-electron chi connectivity index (χ4n) is 2.32. The van der Waals surface area contributed by atoms with E-state index in [4.69, 9.17) is 11.6 Å². The molecule has 0 amide bonds. The van der Waals surface area contributed by atoms with Crippen LogP contribution < -0.4 is 10.2 Å². The van der Waals surface area contributed by atoms with Crippen LogP contribution in [-0.2, 0) is 6.54 Å². The van der Waals surface area contributed by atoms with Crippen LogP contribution in [0.5, 0.6) is 0 Å². The molecule has 0 saturated heterocycles. The highest BCUT2D eigenvalue weighted by atomic mass is 35.5. The molecule has 4 heteroatoms. The van der Waals surface area contributed by atoms with Gasteiger partial charge < -0.3 is 15.1 Å². The van der Waals surface area contributed by atoms with E-state index in [1.54, 1.807) is 0 Å². The average molecular weight is 298 g/mol. The van der Waals surface area contributed by atoms with E-state index in [-0.39, 0.29) is 0 Å². The Hall–Kier alpha value is -0.770. The minimum atomic E-state index is 0.854. The molecule has 114 valence electrons. The summed E-state index contributed by atoms with van der Waals surface area (Å²) in [7, 11) is 4.23. The van der Waals surface area contributed by atoms with Crippen LogP contribution in [0.1, 0.15) is 25.8 Å². The highest BCUT2D eigenvalue weighted by Gasteiger charge is 2.13. The van der Waals surface area contributed by atoms with Crippen molar-refractivity contribution in [3.63, 3.8) is 0 Å². The van der Waals surface area contributed by atoms with E-state index >= 15 is 0 Å². The van der Waals surface area contributed by atoms with Crippen molar-refractivity contribution in [2.24, 2.45) is 0 Å². The minimum Gasteiger partial charge on any atom is -0.370 e. The Labute approximate surface area is 128 Å². The minimum absolute atomic E-state index is 0.854. The zero-order valence-corrected chi connectivity index (χ0v) is 14.0. The molecule has 0 fully saturated rings. The highest BCUT2D eigenvalue weighted by Crippen LogP contribution is 2.30. The third kappa shape index (κ3) is 5.31. The molecule has 3 nitrogen and oxygen atoms in total. The Bertz CT molecular complexity index is 393. The topological polar surface area (TPSA) is 18.5 Å². The lowest BCUT2D eigenvalue weighted by Crippen LogP contribution is -2.29. The van der Waals surface area contributed by atoms with E-state index in [9.17, 15) is 0 Å². The van der Waals surface area contributed by atoms with Gasteiger partial charge in [0.15, 0.2) is 0 Å². The second-order valence-electron chi connectivity index (χ2n) is 5.26. The molecule has 0 aliphatic heterocycles. The lowest BCUT2D eigenvalue weighted by atomic mass is 10.1. The zero-order valence-electron chi connectivity index (χ0n) is 13.2.